The van der Waals surface area contributed by atoms with Gasteiger partial charge in [0.15, 0.2) is 5.82 Å². The summed E-state index contributed by atoms with van der Waals surface area (Å²) in [6, 6.07) is 3.92. The van der Waals surface area contributed by atoms with Gasteiger partial charge in [-0.2, -0.15) is 5.10 Å². The highest BCUT2D eigenvalue weighted by atomic mass is 15.3. The molecule has 0 fully saturated rings. The fourth-order valence-corrected chi connectivity index (χ4v) is 1.07. The summed E-state index contributed by atoms with van der Waals surface area (Å²) < 4.78 is 1.68. The Morgan fingerprint density at radius 3 is 2.33 bits per heavy atom. The van der Waals surface area contributed by atoms with Gasteiger partial charge in [0.1, 0.15) is 6.33 Å². The van der Waals surface area contributed by atoms with Gasteiger partial charge in [-0.05, 0) is 19.1 Å². The summed E-state index contributed by atoms with van der Waals surface area (Å²) in [4.78, 5) is 8.30. The zero-order chi connectivity index (χ0) is 11.3. The number of aromatic nitrogens is 4. The molecule has 0 spiro atoms. The van der Waals surface area contributed by atoms with Gasteiger partial charge in [0.25, 0.3) is 0 Å². The molecular formula is C11H16N4. The van der Waals surface area contributed by atoms with E-state index in [-0.39, 0.29) is 0 Å². The number of nitrogens with zero attached hydrogens (tertiary/aromatic N) is 4. The van der Waals surface area contributed by atoms with Crippen molar-refractivity contribution in [2.45, 2.75) is 20.8 Å². The maximum absolute atomic E-state index is 4.18. The van der Waals surface area contributed by atoms with E-state index >= 15 is 0 Å². The van der Waals surface area contributed by atoms with Crippen LogP contribution in [-0.2, 0) is 7.05 Å². The molecule has 0 aromatic carbocycles. The fraction of sp³-hybridized carbons (Fsp3) is 0.364. The number of hydrogen-bond donors (Lipinski definition) is 0. The third-order valence-electron chi connectivity index (χ3n) is 1.77. The van der Waals surface area contributed by atoms with Crippen molar-refractivity contribution in [3.63, 3.8) is 0 Å². The Kier molecular flexibility index (Phi) is 3.97. The highest BCUT2D eigenvalue weighted by Crippen LogP contribution is 2.11. The van der Waals surface area contributed by atoms with Crippen molar-refractivity contribution >= 4 is 0 Å². The van der Waals surface area contributed by atoms with E-state index in [1.807, 2.05) is 40.0 Å². The monoisotopic (exact) mass is 204 g/mol. The molecule has 0 aliphatic heterocycles. The minimum Gasteiger partial charge on any atom is -0.261 e. The second-order valence-corrected chi connectivity index (χ2v) is 2.93. The number of rotatable bonds is 1. The normalized spacial score (nSPS) is 9.33. The predicted octanol–water partition coefficient (Wildman–Crippen LogP) is 2.21. The Bertz CT molecular complexity index is 403. The van der Waals surface area contributed by atoms with Crippen LogP contribution in [0.1, 0.15) is 19.5 Å². The first kappa shape index (κ1) is 11.4. The van der Waals surface area contributed by atoms with E-state index in [1.165, 1.54) is 0 Å². The summed E-state index contributed by atoms with van der Waals surface area (Å²) in [6.07, 6.45) is 3.46. The summed E-state index contributed by atoms with van der Waals surface area (Å²) >= 11 is 0. The lowest BCUT2D eigenvalue weighted by molar-refractivity contribution is 0.768. The fourth-order valence-electron chi connectivity index (χ4n) is 1.07. The van der Waals surface area contributed by atoms with Gasteiger partial charge >= 0.3 is 0 Å². The molecule has 2 aromatic rings. The lowest BCUT2D eigenvalue weighted by Crippen LogP contribution is -1.88. The summed E-state index contributed by atoms with van der Waals surface area (Å²) in [7, 11) is 1.85. The van der Waals surface area contributed by atoms with Crippen molar-refractivity contribution in [2.75, 3.05) is 0 Å². The maximum atomic E-state index is 4.18. The molecule has 15 heavy (non-hydrogen) atoms. The lowest BCUT2D eigenvalue weighted by atomic mass is 10.2. The van der Waals surface area contributed by atoms with Gasteiger partial charge in [0, 0.05) is 24.5 Å². The highest BCUT2D eigenvalue weighted by molar-refractivity contribution is 5.52. The molecule has 0 N–H and O–H groups in total. The van der Waals surface area contributed by atoms with Gasteiger partial charge in [-0.1, -0.05) is 13.8 Å². The molecule has 2 heterocycles. The summed E-state index contributed by atoms with van der Waals surface area (Å²) in [6.45, 7) is 5.95. The van der Waals surface area contributed by atoms with Crippen molar-refractivity contribution in [3.05, 3.63) is 30.4 Å². The second-order valence-electron chi connectivity index (χ2n) is 2.93. The summed E-state index contributed by atoms with van der Waals surface area (Å²) in [5.74, 6) is 0.718. The molecule has 0 saturated heterocycles. The highest BCUT2D eigenvalue weighted by Gasteiger charge is 2.01. The van der Waals surface area contributed by atoms with E-state index in [9.17, 15) is 0 Å². The third-order valence-corrected chi connectivity index (χ3v) is 1.77. The van der Waals surface area contributed by atoms with Crippen LogP contribution in [0.25, 0.3) is 11.4 Å². The molecule has 0 atom stereocenters. The zero-order valence-electron chi connectivity index (χ0n) is 9.60. The minimum atomic E-state index is 0.718. The Balaban J connectivity index is 0.000000531. The molecule has 4 heteroatoms. The first-order valence-electron chi connectivity index (χ1n) is 5.04. The van der Waals surface area contributed by atoms with Crippen LogP contribution in [0.15, 0.2) is 24.7 Å². The van der Waals surface area contributed by atoms with Crippen LogP contribution < -0.4 is 0 Å². The van der Waals surface area contributed by atoms with Crippen molar-refractivity contribution in [1.82, 2.24) is 19.7 Å². The second kappa shape index (κ2) is 5.24. The third kappa shape index (κ3) is 2.87. The Morgan fingerprint density at radius 2 is 1.87 bits per heavy atom. The first-order chi connectivity index (χ1) is 7.25. The largest absolute Gasteiger partial charge is 0.261 e. The molecule has 0 bridgehead atoms. The van der Waals surface area contributed by atoms with E-state index in [2.05, 4.69) is 15.1 Å². The molecule has 0 aliphatic carbocycles. The molecule has 80 valence electrons. The van der Waals surface area contributed by atoms with Gasteiger partial charge < -0.3 is 0 Å². The summed E-state index contributed by atoms with van der Waals surface area (Å²) in [5, 5.41) is 4.18. The van der Waals surface area contributed by atoms with Gasteiger partial charge in [-0.3, -0.25) is 9.67 Å². The van der Waals surface area contributed by atoms with Gasteiger partial charge in [-0.25, -0.2) is 4.98 Å². The van der Waals surface area contributed by atoms with Crippen LogP contribution in [0.3, 0.4) is 0 Å². The molecule has 0 unspecified atom stereocenters. The Labute approximate surface area is 90.0 Å². The summed E-state index contributed by atoms with van der Waals surface area (Å²) in [5.41, 5.74) is 1.95. The van der Waals surface area contributed by atoms with E-state index in [1.54, 1.807) is 17.2 Å². The van der Waals surface area contributed by atoms with Crippen molar-refractivity contribution in [3.8, 4) is 11.4 Å². The number of pyridine rings is 1. The molecule has 0 amide bonds. The lowest BCUT2D eigenvalue weighted by Gasteiger charge is -1.94. The van der Waals surface area contributed by atoms with E-state index in [4.69, 9.17) is 0 Å². The molecule has 2 aromatic heterocycles. The first-order valence-corrected chi connectivity index (χ1v) is 5.04. The van der Waals surface area contributed by atoms with Crippen molar-refractivity contribution in [2.24, 2.45) is 7.05 Å². The molecule has 0 radical (unpaired) electrons. The van der Waals surface area contributed by atoms with E-state index < -0.39 is 0 Å². The Hall–Kier alpha value is -1.71. The molecule has 2 rings (SSSR count). The molecular weight excluding hydrogens is 188 g/mol. The maximum Gasteiger partial charge on any atom is 0.182 e. The van der Waals surface area contributed by atoms with Gasteiger partial charge in [0.05, 0.1) is 0 Å². The van der Waals surface area contributed by atoms with Crippen LogP contribution in [-0.4, -0.2) is 19.7 Å². The zero-order valence-corrected chi connectivity index (χ0v) is 9.60. The van der Waals surface area contributed by atoms with Crippen LogP contribution in [0.5, 0.6) is 0 Å². The van der Waals surface area contributed by atoms with Gasteiger partial charge in [0.2, 0.25) is 0 Å². The Morgan fingerprint density at radius 1 is 1.13 bits per heavy atom. The van der Waals surface area contributed by atoms with Crippen LogP contribution in [0, 0.1) is 6.92 Å². The van der Waals surface area contributed by atoms with Gasteiger partial charge in [-0.15, -0.1) is 0 Å². The average Bonchev–Trinajstić information content (AvgIpc) is 2.69. The molecule has 4 nitrogen and oxygen atoms in total. The average molecular weight is 204 g/mol. The van der Waals surface area contributed by atoms with Crippen LogP contribution in [0.4, 0.5) is 0 Å². The van der Waals surface area contributed by atoms with E-state index in [0.717, 1.165) is 17.1 Å². The minimum absolute atomic E-state index is 0.718. The van der Waals surface area contributed by atoms with Crippen molar-refractivity contribution in [1.29, 1.82) is 0 Å². The molecule has 0 saturated carbocycles. The van der Waals surface area contributed by atoms with Crippen LogP contribution in [0.2, 0.25) is 0 Å². The number of aryl methyl sites for hydroxylation is 2. The standard InChI is InChI=1S/C9H10N4.C2H6/c1-7-3-4-8(5-10-7)9-11-6-13(2)12-9;1-2/h3-6H,1-2H3;1-2H3. The van der Waals surface area contributed by atoms with Crippen molar-refractivity contribution < 1.29 is 0 Å². The SMILES string of the molecule is CC.Cc1ccc(-c2ncn(C)n2)cn1. The topological polar surface area (TPSA) is 43.6 Å². The molecule has 0 aliphatic rings. The number of hydrogen-bond acceptors (Lipinski definition) is 3. The van der Waals surface area contributed by atoms with E-state index in [0.29, 0.717) is 0 Å². The smallest absolute Gasteiger partial charge is 0.182 e. The van der Waals surface area contributed by atoms with Crippen LogP contribution >= 0.6 is 0 Å². The quantitative estimate of drug-likeness (QED) is 0.715. The predicted molar refractivity (Wildman–Crippen MR) is 60.3 cm³/mol.